The number of nitrogens with zero attached hydrogens (tertiary/aromatic N) is 2. The van der Waals surface area contributed by atoms with Crippen LogP contribution in [-0.2, 0) is 4.79 Å². The van der Waals surface area contributed by atoms with Gasteiger partial charge in [0.2, 0.25) is 5.91 Å². The summed E-state index contributed by atoms with van der Waals surface area (Å²) < 4.78 is 0. The Balaban J connectivity index is 2.40. The Morgan fingerprint density at radius 1 is 1.19 bits per heavy atom. The summed E-state index contributed by atoms with van der Waals surface area (Å²) in [4.78, 5) is 15.1. The molecule has 0 atom stereocenters. The maximum absolute atomic E-state index is 11.1. The Bertz CT molecular complexity index is 233. The summed E-state index contributed by atoms with van der Waals surface area (Å²) in [5, 5.41) is 18.4. The van der Waals surface area contributed by atoms with Crippen molar-refractivity contribution in [1.29, 1.82) is 0 Å². The zero-order valence-electron chi connectivity index (χ0n) is 10.1. The van der Waals surface area contributed by atoms with E-state index >= 15 is 0 Å². The number of aliphatic hydroxyl groups is 2. The van der Waals surface area contributed by atoms with Crippen LogP contribution in [0.2, 0.25) is 0 Å². The quantitative estimate of drug-likeness (QED) is 0.660. The zero-order chi connectivity index (χ0) is 12.2. The number of carbonyl (C=O) groups is 1. The molecule has 1 amide bonds. The SMILES string of the molecule is CC(=O)N1CCN(CC(C)(CO)CO)CC1. The molecule has 1 saturated heterocycles. The van der Waals surface area contributed by atoms with Gasteiger partial charge in [0.1, 0.15) is 0 Å². The van der Waals surface area contributed by atoms with Gasteiger partial charge in [0, 0.05) is 45.1 Å². The third kappa shape index (κ3) is 3.43. The van der Waals surface area contributed by atoms with Gasteiger partial charge in [-0.15, -0.1) is 0 Å². The van der Waals surface area contributed by atoms with E-state index in [2.05, 4.69) is 4.90 Å². The first-order chi connectivity index (χ1) is 7.50. The first kappa shape index (κ1) is 13.4. The van der Waals surface area contributed by atoms with Gasteiger partial charge in [-0.25, -0.2) is 0 Å². The lowest BCUT2D eigenvalue weighted by Crippen LogP contribution is -2.51. The van der Waals surface area contributed by atoms with Crippen molar-refractivity contribution in [3.8, 4) is 0 Å². The molecule has 0 spiro atoms. The Morgan fingerprint density at radius 3 is 2.06 bits per heavy atom. The van der Waals surface area contributed by atoms with Crippen molar-refractivity contribution >= 4 is 5.91 Å². The van der Waals surface area contributed by atoms with Crippen LogP contribution in [0.1, 0.15) is 13.8 Å². The van der Waals surface area contributed by atoms with E-state index in [4.69, 9.17) is 0 Å². The Kier molecular flexibility index (Phi) is 4.70. The minimum Gasteiger partial charge on any atom is -0.396 e. The molecule has 1 aliphatic rings. The zero-order valence-corrected chi connectivity index (χ0v) is 10.1. The van der Waals surface area contributed by atoms with E-state index in [1.54, 1.807) is 6.92 Å². The minimum atomic E-state index is -0.446. The molecule has 0 bridgehead atoms. The molecule has 1 rings (SSSR count). The van der Waals surface area contributed by atoms with E-state index in [1.165, 1.54) is 0 Å². The summed E-state index contributed by atoms with van der Waals surface area (Å²) in [6.45, 7) is 7.19. The fourth-order valence-corrected chi connectivity index (χ4v) is 1.91. The van der Waals surface area contributed by atoms with E-state index in [0.717, 1.165) is 26.2 Å². The van der Waals surface area contributed by atoms with Crippen LogP contribution in [0.25, 0.3) is 0 Å². The van der Waals surface area contributed by atoms with E-state index < -0.39 is 5.41 Å². The molecule has 1 aliphatic heterocycles. The van der Waals surface area contributed by atoms with Gasteiger partial charge in [0.15, 0.2) is 0 Å². The number of hydrogen-bond donors (Lipinski definition) is 2. The molecule has 16 heavy (non-hydrogen) atoms. The standard InChI is InChI=1S/C11H22N2O3/c1-10(16)13-5-3-12(4-6-13)7-11(2,8-14)9-15/h14-15H,3-9H2,1-2H3. The molecule has 1 fully saturated rings. The predicted octanol–water partition coefficient (Wildman–Crippen LogP) is -0.859. The van der Waals surface area contributed by atoms with Gasteiger partial charge in [0.25, 0.3) is 0 Å². The van der Waals surface area contributed by atoms with Crippen LogP contribution in [0.4, 0.5) is 0 Å². The summed E-state index contributed by atoms with van der Waals surface area (Å²) in [5.41, 5.74) is -0.446. The van der Waals surface area contributed by atoms with Crippen molar-refractivity contribution < 1.29 is 15.0 Å². The van der Waals surface area contributed by atoms with Crippen molar-refractivity contribution in [2.24, 2.45) is 5.41 Å². The fourth-order valence-electron chi connectivity index (χ4n) is 1.91. The van der Waals surface area contributed by atoms with E-state index in [9.17, 15) is 15.0 Å². The molecule has 5 nitrogen and oxygen atoms in total. The lowest BCUT2D eigenvalue weighted by Gasteiger charge is -2.38. The summed E-state index contributed by atoms with van der Waals surface area (Å²) in [7, 11) is 0. The van der Waals surface area contributed by atoms with Crippen LogP contribution < -0.4 is 0 Å². The Labute approximate surface area is 96.7 Å². The molecule has 94 valence electrons. The van der Waals surface area contributed by atoms with Crippen molar-refractivity contribution in [2.75, 3.05) is 45.9 Å². The molecule has 0 unspecified atom stereocenters. The highest BCUT2D eigenvalue weighted by molar-refractivity contribution is 5.73. The second-order valence-electron chi connectivity index (χ2n) is 4.91. The number of carbonyl (C=O) groups excluding carboxylic acids is 1. The van der Waals surface area contributed by atoms with Crippen LogP contribution in [0.3, 0.4) is 0 Å². The molecule has 2 N–H and O–H groups in total. The second kappa shape index (κ2) is 5.61. The van der Waals surface area contributed by atoms with Gasteiger partial charge >= 0.3 is 0 Å². The molecule has 0 radical (unpaired) electrons. The molecular formula is C11H22N2O3. The van der Waals surface area contributed by atoms with E-state index in [0.29, 0.717) is 6.54 Å². The van der Waals surface area contributed by atoms with Crippen molar-refractivity contribution in [2.45, 2.75) is 13.8 Å². The van der Waals surface area contributed by atoms with Gasteiger partial charge in [-0.3, -0.25) is 9.69 Å². The second-order valence-corrected chi connectivity index (χ2v) is 4.91. The molecular weight excluding hydrogens is 208 g/mol. The van der Waals surface area contributed by atoms with Crippen LogP contribution in [0.5, 0.6) is 0 Å². The summed E-state index contributed by atoms with van der Waals surface area (Å²) in [5.74, 6) is 0.117. The largest absolute Gasteiger partial charge is 0.396 e. The number of amides is 1. The monoisotopic (exact) mass is 230 g/mol. The highest BCUT2D eigenvalue weighted by atomic mass is 16.3. The summed E-state index contributed by atoms with van der Waals surface area (Å²) in [6.07, 6.45) is 0. The third-order valence-corrected chi connectivity index (χ3v) is 3.19. The van der Waals surface area contributed by atoms with Crippen LogP contribution >= 0.6 is 0 Å². The smallest absolute Gasteiger partial charge is 0.219 e. The van der Waals surface area contributed by atoms with Crippen LogP contribution in [-0.4, -0.2) is 71.9 Å². The van der Waals surface area contributed by atoms with Crippen molar-refractivity contribution in [1.82, 2.24) is 9.80 Å². The van der Waals surface area contributed by atoms with Gasteiger partial charge in [-0.05, 0) is 0 Å². The van der Waals surface area contributed by atoms with Gasteiger partial charge in [-0.2, -0.15) is 0 Å². The summed E-state index contributed by atoms with van der Waals surface area (Å²) >= 11 is 0. The molecule has 0 aliphatic carbocycles. The van der Waals surface area contributed by atoms with Gasteiger partial charge in [-0.1, -0.05) is 6.92 Å². The number of piperazine rings is 1. The fraction of sp³-hybridized carbons (Fsp3) is 0.909. The Hall–Kier alpha value is -0.650. The molecule has 1 heterocycles. The van der Waals surface area contributed by atoms with Crippen molar-refractivity contribution in [3.05, 3.63) is 0 Å². The third-order valence-electron chi connectivity index (χ3n) is 3.19. The molecule has 0 aromatic carbocycles. The molecule has 0 aromatic heterocycles. The topological polar surface area (TPSA) is 64.0 Å². The lowest BCUT2D eigenvalue weighted by atomic mass is 9.92. The van der Waals surface area contributed by atoms with Crippen molar-refractivity contribution in [3.63, 3.8) is 0 Å². The normalized spacial score (nSPS) is 18.9. The van der Waals surface area contributed by atoms with Crippen LogP contribution in [0, 0.1) is 5.41 Å². The van der Waals surface area contributed by atoms with E-state index in [-0.39, 0.29) is 19.1 Å². The van der Waals surface area contributed by atoms with E-state index in [1.807, 2.05) is 11.8 Å². The molecule has 5 heteroatoms. The first-order valence-corrected chi connectivity index (χ1v) is 5.70. The molecule has 0 aromatic rings. The number of aliphatic hydroxyl groups excluding tert-OH is 2. The average Bonchev–Trinajstić information content (AvgIpc) is 2.29. The molecule has 0 saturated carbocycles. The predicted molar refractivity (Wildman–Crippen MR) is 61.0 cm³/mol. The maximum Gasteiger partial charge on any atom is 0.219 e. The maximum atomic E-state index is 11.1. The average molecular weight is 230 g/mol. The Morgan fingerprint density at radius 2 is 1.69 bits per heavy atom. The minimum absolute atomic E-state index is 0.0174. The van der Waals surface area contributed by atoms with Crippen LogP contribution in [0.15, 0.2) is 0 Å². The highest BCUT2D eigenvalue weighted by Gasteiger charge is 2.28. The summed E-state index contributed by atoms with van der Waals surface area (Å²) in [6, 6.07) is 0. The highest BCUT2D eigenvalue weighted by Crippen LogP contribution is 2.17. The lowest BCUT2D eigenvalue weighted by molar-refractivity contribution is -0.130. The number of rotatable bonds is 4. The first-order valence-electron chi connectivity index (χ1n) is 5.70. The number of hydrogen-bond acceptors (Lipinski definition) is 4. The van der Waals surface area contributed by atoms with Gasteiger partial charge < -0.3 is 15.1 Å². The van der Waals surface area contributed by atoms with Gasteiger partial charge in [0.05, 0.1) is 13.2 Å².